The number of fused-ring (bicyclic) bond motifs is 1. The van der Waals surface area contributed by atoms with Crippen LogP contribution in [0.25, 0.3) is 11.0 Å². The molecule has 1 amide bonds. The summed E-state index contributed by atoms with van der Waals surface area (Å²) in [5, 5.41) is 3.92. The van der Waals surface area contributed by atoms with Crippen LogP contribution < -0.4 is 5.32 Å². The molecule has 25 heavy (non-hydrogen) atoms. The van der Waals surface area contributed by atoms with E-state index in [4.69, 9.17) is 4.42 Å². The van der Waals surface area contributed by atoms with Gasteiger partial charge in [0.05, 0.1) is 18.9 Å². The van der Waals surface area contributed by atoms with E-state index in [1.807, 2.05) is 26.0 Å². The largest absolute Gasteiger partial charge is 0.464 e. The zero-order chi connectivity index (χ0) is 18.2. The van der Waals surface area contributed by atoms with Crippen molar-refractivity contribution in [3.63, 3.8) is 0 Å². The number of hydrogen-bond acceptors (Lipinski definition) is 4. The molecule has 1 fully saturated rings. The maximum atomic E-state index is 12.4. The fourth-order valence-corrected chi connectivity index (χ4v) is 4.25. The number of benzene rings is 1. The summed E-state index contributed by atoms with van der Waals surface area (Å²) in [5.74, 6) is -0.110. The van der Waals surface area contributed by atoms with Crippen LogP contribution in [-0.4, -0.2) is 44.0 Å². The molecule has 136 valence electrons. The molecule has 1 saturated heterocycles. The summed E-state index contributed by atoms with van der Waals surface area (Å²) in [6, 6.07) is 3.87. The van der Waals surface area contributed by atoms with Gasteiger partial charge in [-0.1, -0.05) is 12.1 Å². The van der Waals surface area contributed by atoms with E-state index in [0.29, 0.717) is 13.1 Å². The topological polar surface area (TPSA) is 79.6 Å². The van der Waals surface area contributed by atoms with Crippen molar-refractivity contribution in [1.29, 1.82) is 0 Å². The Kier molecular flexibility index (Phi) is 4.88. The van der Waals surface area contributed by atoms with Crippen molar-refractivity contribution >= 4 is 26.9 Å². The molecule has 2 aromatic rings. The maximum Gasteiger partial charge on any atom is 0.224 e. The van der Waals surface area contributed by atoms with Gasteiger partial charge in [-0.2, -0.15) is 0 Å². The summed E-state index contributed by atoms with van der Waals surface area (Å²) < 4.78 is 30.4. The van der Waals surface area contributed by atoms with Gasteiger partial charge in [0.1, 0.15) is 5.58 Å². The summed E-state index contributed by atoms with van der Waals surface area (Å²) in [4.78, 5) is 12.4. The average Bonchev–Trinajstić information content (AvgIpc) is 2.94. The lowest BCUT2D eigenvalue weighted by Crippen LogP contribution is -2.49. The molecule has 1 aromatic carbocycles. The predicted molar refractivity (Wildman–Crippen MR) is 97.0 cm³/mol. The smallest absolute Gasteiger partial charge is 0.224 e. The molecule has 0 saturated carbocycles. The van der Waals surface area contributed by atoms with Crippen LogP contribution in [0.2, 0.25) is 0 Å². The zero-order valence-corrected chi connectivity index (χ0v) is 15.6. The molecule has 0 aliphatic carbocycles. The first-order chi connectivity index (χ1) is 11.8. The van der Waals surface area contributed by atoms with E-state index in [2.05, 4.69) is 5.32 Å². The SMILES string of the molecule is Cc1ccc2c(CC(=O)NC3CCCN(S(C)(=O)=O)C3)coc2c1C. The van der Waals surface area contributed by atoms with E-state index in [9.17, 15) is 13.2 Å². The van der Waals surface area contributed by atoms with Gasteiger partial charge in [0, 0.05) is 30.1 Å². The van der Waals surface area contributed by atoms with Crippen LogP contribution in [0.15, 0.2) is 22.8 Å². The molecule has 0 spiro atoms. The van der Waals surface area contributed by atoms with Gasteiger partial charge in [0.15, 0.2) is 0 Å². The van der Waals surface area contributed by atoms with Gasteiger partial charge in [0.25, 0.3) is 0 Å². The Labute approximate surface area is 148 Å². The molecule has 1 N–H and O–H groups in total. The van der Waals surface area contributed by atoms with Crippen LogP contribution in [0.1, 0.15) is 29.5 Å². The van der Waals surface area contributed by atoms with Crippen molar-refractivity contribution < 1.29 is 17.6 Å². The Morgan fingerprint density at radius 3 is 2.84 bits per heavy atom. The average molecular weight is 364 g/mol. The zero-order valence-electron chi connectivity index (χ0n) is 14.8. The normalized spacial score (nSPS) is 19.2. The van der Waals surface area contributed by atoms with E-state index < -0.39 is 10.0 Å². The standard InChI is InChI=1S/C18H24N2O4S/c1-12-6-7-16-14(11-24-18(16)13(12)2)9-17(21)19-15-5-4-8-20(10-15)25(3,22)23/h6-7,11,15H,4-5,8-10H2,1-3H3,(H,19,21). The highest BCUT2D eigenvalue weighted by Crippen LogP contribution is 2.26. The Bertz CT molecular complexity index is 901. The number of nitrogens with zero attached hydrogens (tertiary/aromatic N) is 1. The van der Waals surface area contributed by atoms with Crippen molar-refractivity contribution in [3.05, 3.63) is 35.1 Å². The van der Waals surface area contributed by atoms with Crippen LogP contribution >= 0.6 is 0 Å². The lowest BCUT2D eigenvalue weighted by Gasteiger charge is -2.31. The molecule has 0 bridgehead atoms. The van der Waals surface area contributed by atoms with Crippen LogP contribution in [0.5, 0.6) is 0 Å². The number of carbonyl (C=O) groups is 1. The minimum atomic E-state index is -3.22. The summed E-state index contributed by atoms with van der Waals surface area (Å²) in [6.07, 6.45) is 4.62. The van der Waals surface area contributed by atoms with Gasteiger partial charge in [0.2, 0.25) is 15.9 Å². The Balaban J connectivity index is 1.68. The van der Waals surface area contributed by atoms with Crippen molar-refractivity contribution in [1.82, 2.24) is 9.62 Å². The second-order valence-electron chi connectivity index (χ2n) is 6.85. The molecule has 0 radical (unpaired) electrons. The van der Waals surface area contributed by atoms with Crippen LogP contribution in [-0.2, 0) is 21.2 Å². The minimum absolute atomic E-state index is 0.110. The fourth-order valence-electron chi connectivity index (χ4n) is 3.34. The van der Waals surface area contributed by atoms with Gasteiger partial charge in [-0.15, -0.1) is 0 Å². The fraction of sp³-hybridized carbons (Fsp3) is 0.500. The van der Waals surface area contributed by atoms with E-state index in [1.54, 1.807) is 6.26 Å². The summed E-state index contributed by atoms with van der Waals surface area (Å²) in [6.45, 7) is 4.90. The second-order valence-corrected chi connectivity index (χ2v) is 8.83. The second kappa shape index (κ2) is 6.80. The molecule has 3 rings (SSSR count). The third kappa shape index (κ3) is 3.88. The Morgan fingerprint density at radius 1 is 1.36 bits per heavy atom. The first-order valence-electron chi connectivity index (χ1n) is 8.46. The molecular weight excluding hydrogens is 340 g/mol. The van der Waals surface area contributed by atoms with E-state index >= 15 is 0 Å². The quantitative estimate of drug-likeness (QED) is 0.901. The van der Waals surface area contributed by atoms with Crippen molar-refractivity contribution in [3.8, 4) is 0 Å². The number of aryl methyl sites for hydroxylation is 2. The summed E-state index contributed by atoms with van der Waals surface area (Å²) in [7, 11) is -3.22. The highest BCUT2D eigenvalue weighted by molar-refractivity contribution is 7.88. The molecule has 7 heteroatoms. The first-order valence-corrected chi connectivity index (χ1v) is 10.3. The highest BCUT2D eigenvalue weighted by atomic mass is 32.2. The number of sulfonamides is 1. The highest BCUT2D eigenvalue weighted by Gasteiger charge is 2.27. The third-order valence-corrected chi connectivity index (χ3v) is 6.18. The van der Waals surface area contributed by atoms with Crippen molar-refractivity contribution in [2.75, 3.05) is 19.3 Å². The Hall–Kier alpha value is -1.86. The van der Waals surface area contributed by atoms with Crippen molar-refractivity contribution in [2.45, 2.75) is 39.2 Å². The first kappa shape index (κ1) is 17.9. The van der Waals surface area contributed by atoms with Gasteiger partial charge in [-0.3, -0.25) is 4.79 Å². The number of furan rings is 1. The molecule has 1 aliphatic rings. The number of rotatable bonds is 4. The van der Waals surface area contributed by atoms with Gasteiger partial charge < -0.3 is 9.73 Å². The lowest BCUT2D eigenvalue weighted by molar-refractivity contribution is -0.121. The van der Waals surface area contributed by atoms with Gasteiger partial charge in [-0.05, 0) is 37.8 Å². The molecular formula is C18H24N2O4S. The Morgan fingerprint density at radius 2 is 2.12 bits per heavy atom. The number of amides is 1. The lowest BCUT2D eigenvalue weighted by atomic mass is 10.0. The third-order valence-electron chi connectivity index (χ3n) is 4.91. The summed E-state index contributed by atoms with van der Waals surface area (Å²) >= 11 is 0. The van der Waals surface area contributed by atoms with Crippen molar-refractivity contribution in [2.24, 2.45) is 0 Å². The molecule has 2 heterocycles. The minimum Gasteiger partial charge on any atom is -0.464 e. The summed E-state index contributed by atoms with van der Waals surface area (Å²) in [5.41, 5.74) is 3.91. The molecule has 1 aliphatic heterocycles. The van der Waals surface area contributed by atoms with Crippen LogP contribution in [0, 0.1) is 13.8 Å². The molecule has 1 atom stereocenters. The number of nitrogens with one attached hydrogen (secondary N) is 1. The predicted octanol–water partition coefficient (Wildman–Crippen LogP) is 2.13. The number of hydrogen-bond donors (Lipinski definition) is 1. The number of piperidine rings is 1. The van der Waals surface area contributed by atoms with Crippen LogP contribution in [0.4, 0.5) is 0 Å². The van der Waals surface area contributed by atoms with E-state index in [1.165, 1.54) is 10.6 Å². The van der Waals surface area contributed by atoms with Gasteiger partial charge >= 0.3 is 0 Å². The molecule has 6 nitrogen and oxygen atoms in total. The van der Waals surface area contributed by atoms with Crippen LogP contribution in [0.3, 0.4) is 0 Å². The maximum absolute atomic E-state index is 12.4. The van der Waals surface area contributed by atoms with Gasteiger partial charge in [-0.25, -0.2) is 12.7 Å². The number of carbonyl (C=O) groups excluding carboxylic acids is 1. The van der Waals surface area contributed by atoms with E-state index in [-0.39, 0.29) is 18.4 Å². The monoisotopic (exact) mass is 364 g/mol. The molecule has 1 unspecified atom stereocenters. The van der Waals surface area contributed by atoms with E-state index in [0.717, 1.165) is 40.5 Å². The molecule has 1 aromatic heterocycles.